The Kier molecular flexibility index (Phi) is 10.6. The van der Waals surface area contributed by atoms with Gasteiger partial charge < -0.3 is 15.1 Å². The van der Waals surface area contributed by atoms with Gasteiger partial charge in [-0.05, 0) is 30.9 Å². The van der Waals surface area contributed by atoms with Crippen molar-refractivity contribution < 1.29 is 4.79 Å². The summed E-state index contributed by atoms with van der Waals surface area (Å²) < 4.78 is 0. The van der Waals surface area contributed by atoms with Gasteiger partial charge in [0.1, 0.15) is 0 Å². The largest absolute Gasteiger partial charge is 0.357 e. The normalized spacial score (nSPS) is 13.2. The Labute approximate surface area is 175 Å². The number of hydrogen-bond acceptors (Lipinski definition) is 2. The molecule has 0 spiro atoms. The Balaban J connectivity index is 0.00000338. The molecule has 6 heteroatoms. The van der Waals surface area contributed by atoms with Crippen molar-refractivity contribution in [3.63, 3.8) is 0 Å². The highest BCUT2D eigenvalue weighted by Crippen LogP contribution is 2.22. The molecule has 0 radical (unpaired) electrons. The van der Waals surface area contributed by atoms with Crippen LogP contribution in [-0.2, 0) is 17.9 Å². The number of fused-ring (bicyclic) bond motifs is 1. The molecule has 146 valence electrons. The Morgan fingerprint density at radius 1 is 1.19 bits per heavy atom. The second-order valence-corrected chi connectivity index (χ2v) is 6.63. The molecule has 1 aromatic carbocycles. The maximum absolute atomic E-state index is 12.4. The maximum atomic E-state index is 12.4. The van der Waals surface area contributed by atoms with Gasteiger partial charge in [0.15, 0.2) is 5.96 Å². The molecular formula is C20H33IN4O. The highest BCUT2D eigenvalue weighted by Gasteiger charge is 2.22. The molecule has 1 aliphatic rings. The first-order valence-electron chi connectivity index (χ1n) is 9.49. The molecular weight excluding hydrogens is 439 g/mol. The standard InChI is InChI=1S/C20H32N4O.HI/c1-4-6-14-23(3)20(21-5-2)22-13-9-12-19(25)24-15-17-10-7-8-11-18(17)16-24;/h7-8,10-11H,4-6,9,12-16H2,1-3H3,(H,21,22);1H. The Morgan fingerprint density at radius 3 is 2.42 bits per heavy atom. The van der Waals surface area contributed by atoms with E-state index >= 15 is 0 Å². The maximum Gasteiger partial charge on any atom is 0.223 e. The van der Waals surface area contributed by atoms with Gasteiger partial charge in [0.05, 0.1) is 0 Å². The molecule has 0 bridgehead atoms. The number of guanidine groups is 1. The lowest BCUT2D eigenvalue weighted by atomic mass is 10.1. The van der Waals surface area contributed by atoms with Crippen LogP contribution in [0.25, 0.3) is 0 Å². The summed E-state index contributed by atoms with van der Waals surface area (Å²) in [4.78, 5) is 21.2. The average Bonchev–Trinajstić information content (AvgIpc) is 3.06. The molecule has 0 atom stereocenters. The summed E-state index contributed by atoms with van der Waals surface area (Å²) in [6.07, 6.45) is 3.70. The third-order valence-electron chi connectivity index (χ3n) is 4.55. The Hall–Kier alpha value is -1.31. The molecule has 5 nitrogen and oxygen atoms in total. The van der Waals surface area contributed by atoms with Crippen molar-refractivity contribution in [2.45, 2.75) is 52.6 Å². The predicted octanol–water partition coefficient (Wildman–Crippen LogP) is 3.62. The number of carbonyl (C=O) groups excluding carboxylic acids is 1. The van der Waals surface area contributed by atoms with E-state index in [9.17, 15) is 4.79 Å². The van der Waals surface area contributed by atoms with Gasteiger partial charge in [0, 0.05) is 46.2 Å². The molecule has 26 heavy (non-hydrogen) atoms. The van der Waals surface area contributed by atoms with Crippen LogP contribution in [0.3, 0.4) is 0 Å². The van der Waals surface area contributed by atoms with Crippen LogP contribution in [0.5, 0.6) is 0 Å². The third kappa shape index (κ3) is 6.78. The van der Waals surface area contributed by atoms with Crippen molar-refractivity contribution in [1.82, 2.24) is 15.1 Å². The molecule has 0 aliphatic carbocycles. The minimum atomic E-state index is 0. The van der Waals surface area contributed by atoms with E-state index < -0.39 is 0 Å². The molecule has 1 heterocycles. The Bertz CT molecular complexity index is 566. The molecule has 1 aliphatic heterocycles. The van der Waals surface area contributed by atoms with Crippen LogP contribution in [0.15, 0.2) is 29.3 Å². The van der Waals surface area contributed by atoms with Gasteiger partial charge in [0.25, 0.3) is 0 Å². The second-order valence-electron chi connectivity index (χ2n) is 6.63. The van der Waals surface area contributed by atoms with E-state index in [0.717, 1.165) is 45.0 Å². The lowest BCUT2D eigenvalue weighted by Crippen LogP contribution is -2.39. The molecule has 0 saturated carbocycles. The van der Waals surface area contributed by atoms with Crippen molar-refractivity contribution >= 4 is 35.8 Å². The smallest absolute Gasteiger partial charge is 0.223 e. The summed E-state index contributed by atoms with van der Waals surface area (Å²) in [7, 11) is 2.07. The van der Waals surface area contributed by atoms with Gasteiger partial charge in [0.2, 0.25) is 5.91 Å². The second kappa shape index (κ2) is 12.1. The van der Waals surface area contributed by atoms with Crippen LogP contribution in [0.4, 0.5) is 0 Å². The molecule has 1 aromatic rings. The van der Waals surface area contributed by atoms with Gasteiger partial charge in [-0.25, -0.2) is 0 Å². The fourth-order valence-corrected chi connectivity index (χ4v) is 3.05. The van der Waals surface area contributed by atoms with Gasteiger partial charge >= 0.3 is 0 Å². The quantitative estimate of drug-likeness (QED) is 0.272. The topological polar surface area (TPSA) is 47.9 Å². The minimum absolute atomic E-state index is 0. The van der Waals surface area contributed by atoms with Crippen molar-refractivity contribution in [2.24, 2.45) is 4.99 Å². The van der Waals surface area contributed by atoms with E-state index in [1.165, 1.54) is 17.5 Å². The van der Waals surface area contributed by atoms with Gasteiger partial charge in [-0.15, -0.1) is 24.0 Å². The van der Waals surface area contributed by atoms with Crippen molar-refractivity contribution in [1.29, 1.82) is 0 Å². The van der Waals surface area contributed by atoms with Crippen LogP contribution in [-0.4, -0.2) is 48.3 Å². The highest BCUT2D eigenvalue weighted by atomic mass is 127. The van der Waals surface area contributed by atoms with E-state index in [4.69, 9.17) is 0 Å². The summed E-state index contributed by atoms with van der Waals surface area (Å²) in [6, 6.07) is 8.31. The minimum Gasteiger partial charge on any atom is -0.357 e. The third-order valence-corrected chi connectivity index (χ3v) is 4.55. The van der Waals surface area contributed by atoms with Crippen LogP contribution in [0.1, 0.15) is 50.7 Å². The number of hydrogen-bond donors (Lipinski definition) is 1. The molecule has 0 unspecified atom stereocenters. The first kappa shape index (κ1) is 22.7. The highest BCUT2D eigenvalue weighted by molar-refractivity contribution is 14.0. The number of halogens is 1. The molecule has 2 rings (SSSR count). The number of nitrogens with one attached hydrogen (secondary N) is 1. The lowest BCUT2D eigenvalue weighted by molar-refractivity contribution is -0.131. The number of aliphatic imine (C=N–C) groups is 1. The molecule has 0 fully saturated rings. The first-order valence-corrected chi connectivity index (χ1v) is 9.49. The Morgan fingerprint density at radius 2 is 1.85 bits per heavy atom. The van der Waals surface area contributed by atoms with Crippen LogP contribution in [0.2, 0.25) is 0 Å². The van der Waals surface area contributed by atoms with Crippen LogP contribution in [0, 0.1) is 0 Å². The summed E-state index contributed by atoms with van der Waals surface area (Å²) in [5, 5.41) is 3.33. The van der Waals surface area contributed by atoms with Crippen LogP contribution < -0.4 is 5.32 Å². The molecule has 1 N–H and O–H groups in total. The fraction of sp³-hybridized carbons (Fsp3) is 0.600. The van der Waals surface area contributed by atoms with Crippen LogP contribution >= 0.6 is 24.0 Å². The average molecular weight is 472 g/mol. The van der Waals surface area contributed by atoms with E-state index in [1.54, 1.807) is 0 Å². The zero-order valence-corrected chi connectivity index (χ0v) is 18.7. The number of amides is 1. The summed E-state index contributed by atoms with van der Waals surface area (Å²) >= 11 is 0. The monoisotopic (exact) mass is 472 g/mol. The summed E-state index contributed by atoms with van der Waals surface area (Å²) in [5.74, 6) is 1.17. The fourth-order valence-electron chi connectivity index (χ4n) is 3.05. The van der Waals surface area contributed by atoms with Gasteiger partial charge in [-0.2, -0.15) is 0 Å². The zero-order chi connectivity index (χ0) is 18.1. The predicted molar refractivity (Wildman–Crippen MR) is 119 cm³/mol. The SMILES string of the molecule is CCCCN(C)C(=NCCCC(=O)N1Cc2ccccc2C1)NCC.I. The van der Waals surface area contributed by atoms with E-state index in [2.05, 4.69) is 48.2 Å². The summed E-state index contributed by atoms with van der Waals surface area (Å²) in [6.45, 7) is 8.33. The van der Waals surface area contributed by atoms with Crippen molar-refractivity contribution in [2.75, 3.05) is 26.7 Å². The first-order chi connectivity index (χ1) is 12.2. The number of carbonyl (C=O) groups is 1. The number of benzene rings is 1. The number of nitrogens with zero attached hydrogens (tertiary/aromatic N) is 3. The van der Waals surface area contributed by atoms with Gasteiger partial charge in [-0.1, -0.05) is 37.6 Å². The van der Waals surface area contributed by atoms with Crippen molar-refractivity contribution in [3.05, 3.63) is 35.4 Å². The van der Waals surface area contributed by atoms with Gasteiger partial charge in [-0.3, -0.25) is 9.79 Å². The molecule has 0 aromatic heterocycles. The molecule has 0 saturated heterocycles. The zero-order valence-electron chi connectivity index (χ0n) is 16.3. The summed E-state index contributed by atoms with van der Waals surface area (Å²) in [5.41, 5.74) is 2.56. The number of rotatable bonds is 8. The van der Waals surface area contributed by atoms with E-state index in [0.29, 0.717) is 13.0 Å². The van der Waals surface area contributed by atoms with E-state index in [-0.39, 0.29) is 29.9 Å². The van der Waals surface area contributed by atoms with Crippen molar-refractivity contribution in [3.8, 4) is 0 Å². The number of unbranched alkanes of at least 4 members (excludes halogenated alkanes) is 1. The van der Waals surface area contributed by atoms with E-state index in [1.807, 2.05) is 17.0 Å². The lowest BCUT2D eigenvalue weighted by Gasteiger charge is -2.21. The molecule has 1 amide bonds.